The second-order valence-corrected chi connectivity index (χ2v) is 7.94. The molecule has 28 heavy (non-hydrogen) atoms. The van der Waals surface area contributed by atoms with Crippen molar-refractivity contribution in [3.63, 3.8) is 0 Å². The van der Waals surface area contributed by atoms with Crippen LogP contribution in [0.2, 0.25) is 0 Å². The molecule has 3 rings (SSSR count). The number of aryl methyl sites for hydroxylation is 1. The van der Waals surface area contributed by atoms with Crippen LogP contribution in [0.3, 0.4) is 0 Å². The van der Waals surface area contributed by atoms with Crippen molar-refractivity contribution in [2.45, 2.75) is 46.0 Å². The number of piperidine rings is 1. The molecular weight excluding hydrogens is 356 g/mol. The van der Waals surface area contributed by atoms with E-state index in [1.54, 1.807) is 9.80 Å². The van der Waals surface area contributed by atoms with Crippen molar-refractivity contribution in [3.05, 3.63) is 35.4 Å². The van der Waals surface area contributed by atoms with Gasteiger partial charge in [-0.1, -0.05) is 24.3 Å². The second-order valence-electron chi connectivity index (χ2n) is 7.94. The topological polar surface area (TPSA) is 66.9 Å². The van der Waals surface area contributed by atoms with Crippen LogP contribution in [0.25, 0.3) is 0 Å². The summed E-state index contributed by atoms with van der Waals surface area (Å²) in [5.41, 5.74) is 1.52. The summed E-state index contributed by atoms with van der Waals surface area (Å²) in [6.07, 6.45) is 3.35. The SMILES string of the molecule is CCOC(=O)[C@@]1(Cc2ccccc2C)CCCN(C(=O)CN2CCCC2=O)C1. The smallest absolute Gasteiger partial charge is 0.314 e. The zero-order chi connectivity index (χ0) is 20.1. The van der Waals surface area contributed by atoms with Crippen LogP contribution in [0.5, 0.6) is 0 Å². The first-order chi connectivity index (χ1) is 13.4. The van der Waals surface area contributed by atoms with Crippen LogP contribution < -0.4 is 0 Å². The van der Waals surface area contributed by atoms with Gasteiger partial charge in [-0.2, -0.15) is 0 Å². The number of esters is 1. The lowest BCUT2D eigenvalue weighted by molar-refractivity contribution is -0.161. The number of nitrogens with zero attached hydrogens (tertiary/aromatic N) is 2. The first-order valence-corrected chi connectivity index (χ1v) is 10.2. The normalized spacial score (nSPS) is 22.4. The molecule has 0 spiro atoms. The highest BCUT2D eigenvalue weighted by Crippen LogP contribution is 2.36. The Morgan fingerprint density at radius 3 is 2.64 bits per heavy atom. The van der Waals surface area contributed by atoms with Crippen LogP contribution in [-0.2, 0) is 25.5 Å². The highest BCUT2D eigenvalue weighted by molar-refractivity contribution is 5.86. The van der Waals surface area contributed by atoms with Crippen LogP contribution in [0, 0.1) is 12.3 Å². The number of carbonyl (C=O) groups excluding carboxylic acids is 3. The Bertz CT molecular complexity index is 748. The lowest BCUT2D eigenvalue weighted by Crippen LogP contribution is -2.53. The number of amides is 2. The molecular formula is C22H30N2O4. The van der Waals surface area contributed by atoms with E-state index in [1.165, 1.54) is 0 Å². The standard InChI is InChI=1S/C22H30N2O4/c1-3-28-21(27)22(14-18-9-5-4-8-17(18)2)11-7-13-24(16-22)20(26)15-23-12-6-10-19(23)25/h4-5,8-9H,3,6-7,10-16H2,1-2H3/t22-/m1/s1. The summed E-state index contributed by atoms with van der Waals surface area (Å²) in [4.78, 5) is 41.1. The van der Waals surface area contributed by atoms with Crippen molar-refractivity contribution in [3.8, 4) is 0 Å². The van der Waals surface area contributed by atoms with Gasteiger partial charge in [0.15, 0.2) is 0 Å². The zero-order valence-corrected chi connectivity index (χ0v) is 16.9. The molecule has 1 atom stereocenters. The molecule has 0 unspecified atom stereocenters. The molecule has 2 heterocycles. The number of hydrogen-bond donors (Lipinski definition) is 0. The Balaban J connectivity index is 1.79. The molecule has 0 radical (unpaired) electrons. The van der Waals surface area contributed by atoms with Crippen molar-refractivity contribution < 1.29 is 19.1 Å². The molecule has 6 heteroatoms. The molecule has 2 saturated heterocycles. The minimum absolute atomic E-state index is 0.0434. The summed E-state index contributed by atoms with van der Waals surface area (Å²) >= 11 is 0. The van der Waals surface area contributed by atoms with Gasteiger partial charge in [-0.3, -0.25) is 14.4 Å². The monoisotopic (exact) mass is 386 g/mol. The summed E-state index contributed by atoms with van der Waals surface area (Å²) in [6.45, 7) is 5.90. The van der Waals surface area contributed by atoms with Gasteiger partial charge in [0.25, 0.3) is 0 Å². The van der Waals surface area contributed by atoms with Crippen LogP contribution >= 0.6 is 0 Å². The predicted octanol–water partition coefficient (Wildman–Crippen LogP) is 2.33. The van der Waals surface area contributed by atoms with Crippen LogP contribution in [-0.4, -0.2) is 60.4 Å². The predicted molar refractivity (Wildman–Crippen MR) is 106 cm³/mol. The maximum Gasteiger partial charge on any atom is 0.314 e. The summed E-state index contributed by atoms with van der Waals surface area (Å²) in [5.74, 6) is -0.261. The molecule has 0 bridgehead atoms. The first-order valence-electron chi connectivity index (χ1n) is 10.2. The second kappa shape index (κ2) is 8.76. The fourth-order valence-corrected chi connectivity index (χ4v) is 4.32. The number of rotatable bonds is 6. The molecule has 2 aliphatic heterocycles. The number of likely N-dealkylation sites (tertiary alicyclic amines) is 2. The molecule has 2 amide bonds. The van der Waals surface area contributed by atoms with E-state index in [2.05, 4.69) is 0 Å². The number of ether oxygens (including phenoxy) is 1. The molecule has 1 aromatic carbocycles. The Kier molecular flexibility index (Phi) is 6.37. The minimum atomic E-state index is -0.731. The van der Waals surface area contributed by atoms with Crippen molar-refractivity contribution in [1.82, 2.24) is 9.80 Å². The largest absolute Gasteiger partial charge is 0.466 e. The molecule has 0 aliphatic carbocycles. The fraction of sp³-hybridized carbons (Fsp3) is 0.591. The molecule has 0 aromatic heterocycles. The Hall–Kier alpha value is -2.37. The van der Waals surface area contributed by atoms with Crippen molar-refractivity contribution in [2.75, 3.05) is 32.8 Å². The molecule has 1 aromatic rings. The van der Waals surface area contributed by atoms with Gasteiger partial charge in [0.05, 0.1) is 18.6 Å². The van der Waals surface area contributed by atoms with Crippen molar-refractivity contribution >= 4 is 17.8 Å². The van der Waals surface area contributed by atoms with Gasteiger partial charge >= 0.3 is 5.97 Å². The van der Waals surface area contributed by atoms with E-state index in [0.717, 1.165) is 24.0 Å². The summed E-state index contributed by atoms with van der Waals surface area (Å²) in [7, 11) is 0. The third kappa shape index (κ3) is 4.37. The lowest BCUT2D eigenvalue weighted by atomic mass is 9.74. The van der Waals surface area contributed by atoms with Gasteiger partial charge in [0, 0.05) is 26.1 Å². The Labute approximate surface area is 166 Å². The fourth-order valence-electron chi connectivity index (χ4n) is 4.32. The van der Waals surface area contributed by atoms with Crippen molar-refractivity contribution in [1.29, 1.82) is 0 Å². The average Bonchev–Trinajstić information content (AvgIpc) is 3.08. The maximum atomic E-state index is 13.0. The molecule has 2 fully saturated rings. The number of benzene rings is 1. The minimum Gasteiger partial charge on any atom is -0.466 e. The summed E-state index contributed by atoms with van der Waals surface area (Å²) in [5, 5.41) is 0. The van der Waals surface area contributed by atoms with Crippen LogP contribution in [0.15, 0.2) is 24.3 Å². The van der Waals surface area contributed by atoms with E-state index in [4.69, 9.17) is 4.74 Å². The van der Waals surface area contributed by atoms with Gasteiger partial charge in [0.2, 0.25) is 11.8 Å². The van der Waals surface area contributed by atoms with Gasteiger partial charge in [-0.05, 0) is 50.7 Å². The quantitative estimate of drug-likeness (QED) is 0.704. The number of hydrogen-bond acceptors (Lipinski definition) is 4. The highest BCUT2D eigenvalue weighted by atomic mass is 16.5. The highest BCUT2D eigenvalue weighted by Gasteiger charge is 2.45. The Morgan fingerprint density at radius 2 is 1.96 bits per heavy atom. The van der Waals surface area contributed by atoms with Crippen molar-refractivity contribution in [2.24, 2.45) is 5.41 Å². The average molecular weight is 386 g/mol. The molecule has 2 aliphatic rings. The van der Waals surface area contributed by atoms with Crippen LogP contribution in [0.4, 0.5) is 0 Å². The maximum absolute atomic E-state index is 13.0. The van der Waals surface area contributed by atoms with Gasteiger partial charge < -0.3 is 14.5 Å². The van der Waals surface area contributed by atoms with Gasteiger partial charge in [-0.15, -0.1) is 0 Å². The summed E-state index contributed by atoms with van der Waals surface area (Å²) in [6, 6.07) is 8.05. The number of carbonyl (C=O) groups is 3. The lowest BCUT2D eigenvalue weighted by Gasteiger charge is -2.41. The third-order valence-electron chi connectivity index (χ3n) is 5.93. The molecule has 0 saturated carbocycles. The van der Waals surface area contributed by atoms with E-state index in [1.807, 2.05) is 38.1 Å². The first kappa shape index (κ1) is 20.4. The Morgan fingerprint density at radius 1 is 1.18 bits per heavy atom. The molecule has 152 valence electrons. The van der Waals surface area contributed by atoms with E-state index < -0.39 is 5.41 Å². The van der Waals surface area contributed by atoms with E-state index >= 15 is 0 Å². The van der Waals surface area contributed by atoms with Gasteiger partial charge in [0.1, 0.15) is 0 Å². The van der Waals surface area contributed by atoms with Gasteiger partial charge in [-0.25, -0.2) is 0 Å². The molecule has 6 nitrogen and oxygen atoms in total. The third-order valence-corrected chi connectivity index (χ3v) is 5.93. The van der Waals surface area contributed by atoms with Crippen LogP contribution in [0.1, 0.15) is 43.7 Å². The molecule has 0 N–H and O–H groups in total. The summed E-state index contributed by atoms with van der Waals surface area (Å²) < 4.78 is 5.43. The zero-order valence-electron chi connectivity index (χ0n) is 16.9. The van der Waals surface area contributed by atoms with E-state index in [0.29, 0.717) is 45.5 Å². The van der Waals surface area contributed by atoms with E-state index in [-0.39, 0.29) is 24.3 Å². The van der Waals surface area contributed by atoms with E-state index in [9.17, 15) is 14.4 Å².